The number of carboxylic acid groups (broad SMARTS) is 1. The molecule has 3 heterocycles. The van der Waals surface area contributed by atoms with Gasteiger partial charge in [0.05, 0.1) is 5.56 Å². The van der Waals surface area contributed by atoms with Crippen molar-refractivity contribution in [3.63, 3.8) is 0 Å². The fourth-order valence-electron chi connectivity index (χ4n) is 3.10. The van der Waals surface area contributed by atoms with Gasteiger partial charge in [-0.25, -0.2) is 9.78 Å². The van der Waals surface area contributed by atoms with Gasteiger partial charge >= 0.3 is 5.97 Å². The maximum absolute atomic E-state index is 13.0. The minimum atomic E-state index is -1.15. The number of nitrogens with zero attached hydrogens (tertiary/aromatic N) is 2. The van der Waals surface area contributed by atoms with E-state index in [0.29, 0.717) is 19.5 Å². The van der Waals surface area contributed by atoms with Crippen LogP contribution in [0.4, 0.5) is 0 Å². The smallest absolute Gasteiger partial charge is 0.354 e. The zero-order chi connectivity index (χ0) is 19.4. The first-order chi connectivity index (χ1) is 13.0. The van der Waals surface area contributed by atoms with Crippen LogP contribution in [0.3, 0.4) is 0 Å². The number of aromatic nitrogens is 1. The van der Waals surface area contributed by atoms with Gasteiger partial charge in [0, 0.05) is 24.2 Å². The molecule has 0 saturated heterocycles. The Morgan fingerprint density at radius 3 is 2.81 bits per heavy atom. The van der Waals surface area contributed by atoms with Gasteiger partial charge in [0.1, 0.15) is 11.7 Å². The monoisotopic (exact) mass is 387 g/mol. The molecule has 0 bridgehead atoms. The SMILES string of the molecule is CCCC(NC(=O)c1ccc(C(=O)O)nc1)C(=O)N1CCc2sccc2C1. The normalized spacial score (nSPS) is 14.3. The lowest BCUT2D eigenvalue weighted by Crippen LogP contribution is -2.49. The summed E-state index contributed by atoms with van der Waals surface area (Å²) in [6.45, 7) is 3.18. The van der Waals surface area contributed by atoms with Crippen molar-refractivity contribution >= 4 is 29.1 Å². The van der Waals surface area contributed by atoms with Gasteiger partial charge in [0.15, 0.2) is 0 Å². The zero-order valence-electron chi connectivity index (χ0n) is 15.0. The Balaban J connectivity index is 1.68. The first-order valence-corrected chi connectivity index (χ1v) is 9.71. The molecule has 1 aliphatic heterocycles. The number of carbonyl (C=O) groups excluding carboxylic acids is 2. The average Bonchev–Trinajstić information content (AvgIpc) is 3.14. The number of carboxylic acids is 1. The van der Waals surface area contributed by atoms with Crippen LogP contribution in [0.1, 0.15) is 51.1 Å². The molecular formula is C19H21N3O4S. The minimum absolute atomic E-state index is 0.0860. The molecule has 27 heavy (non-hydrogen) atoms. The Labute approximate surface area is 161 Å². The third kappa shape index (κ3) is 4.33. The van der Waals surface area contributed by atoms with Gasteiger partial charge in [0.2, 0.25) is 5.91 Å². The quantitative estimate of drug-likeness (QED) is 0.792. The molecule has 0 saturated carbocycles. The molecule has 2 amide bonds. The Morgan fingerprint density at radius 1 is 1.33 bits per heavy atom. The van der Waals surface area contributed by atoms with Crippen LogP contribution in [0.25, 0.3) is 0 Å². The van der Waals surface area contributed by atoms with E-state index in [4.69, 9.17) is 5.11 Å². The highest BCUT2D eigenvalue weighted by molar-refractivity contribution is 7.10. The molecule has 2 aromatic rings. The molecule has 0 fully saturated rings. The number of pyridine rings is 1. The summed E-state index contributed by atoms with van der Waals surface area (Å²) in [6, 6.07) is 4.11. The summed E-state index contributed by atoms with van der Waals surface area (Å²) >= 11 is 1.71. The molecule has 0 aromatic carbocycles. The number of fused-ring (bicyclic) bond motifs is 1. The molecule has 3 rings (SSSR count). The van der Waals surface area contributed by atoms with Crippen LogP contribution >= 0.6 is 11.3 Å². The molecule has 7 nitrogen and oxygen atoms in total. The summed E-state index contributed by atoms with van der Waals surface area (Å²) in [4.78, 5) is 43.2. The molecule has 1 unspecified atom stereocenters. The van der Waals surface area contributed by atoms with Gasteiger partial charge in [-0.1, -0.05) is 13.3 Å². The van der Waals surface area contributed by atoms with E-state index >= 15 is 0 Å². The van der Waals surface area contributed by atoms with Crippen LogP contribution in [-0.4, -0.2) is 45.4 Å². The molecule has 8 heteroatoms. The third-order valence-electron chi connectivity index (χ3n) is 4.54. The van der Waals surface area contributed by atoms with Crippen molar-refractivity contribution in [2.45, 2.75) is 38.8 Å². The number of carbonyl (C=O) groups is 3. The Morgan fingerprint density at radius 2 is 2.15 bits per heavy atom. The van der Waals surface area contributed by atoms with Crippen molar-refractivity contribution in [2.24, 2.45) is 0 Å². The second-order valence-electron chi connectivity index (χ2n) is 6.43. The fraction of sp³-hybridized carbons (Fsp3) is 0.368. The molecule has 1 aliphatic rings. The molecule has 2 N–H and O–H groups in total. The summed E-state index contributed by atoms with van der Waals surface area (Å²) < 4.78 is 0. The first kappa shape index (κ1) is 19.0. The number of hydrogen-bond acceptors (Lipinski definition) is 5. The molecule has 0 aliphatic carbocycles. The number of rotatable bonds is 6. The Hall–Kier alpha value is -2.74. The molecular weight excluding hydrogens is 366 g/mol. The summed E-state index contributed by atoms with van der Waals surface area (Å²) in [6.07, 6.45) is 3.35. The highest BCUT2D eigenvalue weighted by Crippen LogP contribution is 2.24. The minimum Gasteiger partial charge on any atom is -0.477 e. The Kier molecular flexibility index (Phi) is 5.85. The van der Waals surface area contributed by atoms with Gasteiger partial charge in [-0.15, -0.1) is 11.3 Å². The van der Waals surface area contributed by atoms with Gasteiger partial charge in [0.25, 0.3) is 5.91 Å². The van der Waals surface area contributed by atoms with Crippen molar-refractivity contribution in [1.82, 2.24) is 15.2 Å². The second kappa shape index (κ2) is 8.30. The molecule has 2 aromatic heterocycles. The average molecular weight is 387 g/mol. The molecule has 0 spiro atoms. The number of nitrogens with one attached hydrogen (secondary N) is 1. The van der Waals surface area contributed by atoms with Crippen molar-refractivity contribution in [3.05, 3.63) is 51.5 Å². The van der Waals surface area contributed by atoms with Gasteiger partial charge in [-0.2, -0.15) is 0 Å². The van der Waals surface area contributed by atoms with E-state index in [1.165, 1.54) is 28.8 Å². The number of thiophene rings is 1. The van der Waals surface area contributed by atoms with Gasteiger partial charge < -0.3 is 15.3 Å². The molecule has 1 atom stereocenters. The van der Waals surface area contributed by atoms with Crippen LogP contribution in [0, 0.1) is 0 Å². The van der Waals surface area contributed by atoms with Crippen molar-refractivity contribution in [2.75, 3.05) is 6.54 Å². The maximum atomic E-state index is 13.0. The van der Waals surface area contributed by atoms with Crippen LogP contribution in [-0.2, 0) is 17.8 Å². The summed E-state index contributed by atoms with van der Waals surface area (Å²) in [5, 5.41) is 13.7. The lowest BCUT2D eigenvalue weighted by Gasteiger charge is -2.30. The van der Waals surface area contributed by atoms with Crippen LogP contribution in [0.2, 0.25) is 0 Å². The third-order valence-corrected chi connectivity index (χ3v) is 5.57. The molecule has 142 valence electrons. The van der Waals surface area contributed by atoms with Gasteiger partial charge in [-0.3, -0.25) is 9.59 Å². The highest BCUT2D eigenvalue weighted by Gasteiger charge is 2.28. The topological polar surface area (TPSA) is 99.6 Å². The Bertz CT molecular complexity index is 847. The first-order valence-electron chi connectivity index (χ1n) is 8.83. The number of hydrogen-bond donors (Lipinski definition) is 2. The lowest BCUT2D eigenvalue weighted by molar-refractivity contribution is -0.134. The van der Waals surface area contributed by atoms with E-state index in [9.17, 15) is 14.4 Å². The zero-order valence-corrected chi connectivity index (χ0v) is 15.8. The molecule has 0 radical (unpaired) electrons. The van der Waals surface area contributed by atoms with Crippen LogP contribution < -0.4 is 5.32 Å². The lowest BCUT2D eigenvalue weighted by atomic mass is 10.1. The number of aromatic carboxylic acids is 1. The van der Waals surface area contributed by atoms with E-state index in [2.05, 4.69) is 10.3 Å². The van der Waals surface area contributed by atoms with E-state index in [-0.39, 0.29) is 17.2 Å². The predicted molar refractivity (Wildman–Crippen MR) is 101 cm³/mol. The van der Waals surface area contributed by atoms with Crippen molar-refractivity contribution in [3.8, 4) is 0 Å². The predicted octanol–water partition coefficient (Wildman–Crippen LogP) is 2.32. The van der Waals surface area contributed by atoms with Crippen molar-refractivity contribution < 1.29 is 19.5 Å². The van der Waals surface area contributed by atoms with E-state index < -0.39 is 17.9 Å². The number of amides is 2. The maximum Gasteiger partial charge on any atom is 0.354 e. The largest absolute Gasteiger partial charge is 0.477 e. The van der Waals surface area contributed by atoms with E-state index in [0.717, 1.165) is 12.8 Å². The highest BCUT2D eigenvalue weighted by atomic mass is 32.1. The van der Waals surface area contributed by atoms with Crippen LogP contribution in [0.15, 0.2) is 29.8 Å². The summed E-state index contributed by atoms with van der Waals surface area (Å²) in [5.74, 6) is -1.67. The van der Waals surface area contributed by atoms with Crippen LogP contribution in [0.5, 0.6) is 0 Å². The fourth-order valence-corrected chi connectivity index (χ4v) is 3.99. The second-order valence-corrected chi connectivity index (χ2v) is 7.43. The summed E-state index contributed by atoms with van der Waals surface area (Å²) in [5.41, 5.74) is 1.27. The van der Waals surface area contributed by atoms with Gasteiger partial charge in [-0.05, 0) is 42.0 Å². The summed E-state index contributed by atoms with van der Waals surface area (Å²) in [7, 11) is 0. The van der Waals surface area contributed by atoms with E-state index in [1.807, 2.05) is 18.4 Å². The van der Waals surface area contributed by atoms with E-state index in [1.54, 1.807) is 16.2 Å². The standard InChI is InChI=1S/C19H21N3O4S/c1-2-3-14(18(24)22-8-6-16-13(11-22)7-9-27-16)21-17(23)12-4-5-15(19(25)26)20-10-12/h4-5,7,9-10,14H,2-3,6,8,11H2,1H3,(H,21,23)(H,25,26). The van der Waals surface area contributed by atoms with Crippen molar-refractivity contribution in [1.29, 1.82) is 0 Å².